The van der Waals surface area contributed by atoms with Crippen LogP contribution in [0.15, 0.2) is 11.0 Å². The molecule has 0 fully saturated rings. The average molecular weight is 132 g/mol. The van der Waals surface area contributed by atoms with Crippen LogP contribution >= 0.6 is 11.8 Å². The van der Waals surface area contributed by atoms with Crippen LogP contribution in [0.1, 0.15) is 6.92 Å². The lowest BCUT2D eigenvalue weighted by Gasteiger charge is -1.90. The maximum Gasteiger partial charge on any atom is 0.341 e. The molecule has 0 unspecified atom stereocenters. The molecular formula is C5H8O2S. The maximum atomic E-state index is 10.1. The van der Waals surface area contributed by atoms with Crippen LogP contribution in [-0.2, 0) is 4.79 Å². The summed E-state index contributed by atoms with van der Waals surface area (Å²) in [7, 11) is 0. The molecule has 1 N–H and O–H groups in total. The maximum absolute atomic E-state index is 10.1. The molecule has 0 bridgehead atoms. The largest absolute Gasteiger partial charge is 0.477 e. The average Bonchev–Trinajstić information content (AvgIpc) is 1.69. The minimum Gasteiger partial charge on any atom is -0.477 e. The van der Waals surface area contributed by atoms with Gasteiger partial charge in [0, 0.05) is 0 Å². The van der Waals surface area contributed by atoms with Gasteiger partial charge in [0.05, 0.1) is 4.91 Å². The fourth-order valence-corrected chi connectivity index (χ4v) is 0.739. The first-order valence-corrected chi connectivity index (χ1v) is 3.38. The van der Waals surface area contributed by atoms with E-state index in [-0.39, 0.29) is 0 Å². The van der Waals surface area contributed by atoms with Gasteiger partial charge in [0.2, 0.25) is 0 Å². The van der Waals surface area contributed by atoms with E-state index in [0.29, 0.717) is 4.91 Å². The molecule has 0 aliphatic heterocycles. The Kier molecular flexibility index (Phi) is 3.35. The predicted molar refractivity (Wildman–Crippen MR) is 34.9 cm³/mol. The van der Waals surface area contributed by atoms with E-state index in [2.05, 4.69) is 0 Å². The third-order valence-electron chi connectivity index (χ3n) is 0.693. The predicted octanol–water partition coefficient (Wildman–Crippen LogP) is 1.34. The van der Waals surface area contributed by atoms with E-state index < -0.39 is 5.97 Å². The molecule has 8 heavy (non-hydrogen) atoms. The van der Waals surface area contributed by atoms with E-state index in [0.717, 1.165) is 0 Å². The zero-order valence-electron chi connectivity index (χ0n) is 4.84. The fraction of sp³-hybridized carbons (Fsp3) is 0.400. The molecule has 2 nitrogen and oxygen atoms in total. The zero-order valence-corrected chi connectivity index (χ0v) is 5.66. The lowest BCUT2D eigenvalue weighted by atomic mass is 10.5. The van der Waals surface area contributed by atoms with E-state index in [9.17, 15) is 4.79 Å². The van der Waals surface area contributed by atoms with Gasteiger partial charge in [0.25, 0.3) is 0 Å². The highest BCUT2D eigenvalue weighted by Gasteiger charge is 2.00. The third kappa shape index (κ3) is 2.02. The summed E-state index contributed by atoms with van der Waals surface area (Å²) in [6.07, 6.45) is 3.32. The second-order valence-electron chi connectivity index (χ2n) is 1.16. The van der Waals surface area contributed by atoms with E-state index in [1.165, 1.54) is 11.8 Å². The topological polar surface area (TPSA) is 37.3 Å². The van der Waals surface area contributed by atoms with Gasteiger partial charge < -0.3 is 5.11 Å². The zero-order chi connectivity index (χ0) is 6.57. The van der Waals surface area contributed by atoms with Crippen LogP contribution in [-0.4, -0.2) is 17.3 Å². The Morgan fingerprint density at radius 2 is 2.25 bits per heavy atom. The Bertz CT molecular complexity index is 118. The molecule has 0 saturated heterocycles. The molecule has 0 saturated carbocycles. The number of rotatable bonds is 2. The highest BCUT2D eigenvalue weighted by Crippen LogP contribution is 2.09. The molecule has 0 aliphatic rings. The Balaban J connectivity index is 3.92. The summed E-state index contributed by atoms with van der Waals surface area (Å²) in [5.74, 6) is -0.847. The SMILES string of the molecule is CC=C(SC)C(=O)O. The highest BCUT2D eigenvalue weighted by atomic mass is 32.2. The van der Waals surface area contributed by atoms with Gasteiger partial charge in [-0.3, -0.25) is 0 Å². The van der Waals surface area contributed by atoms with Crippen LogP contribution in [0.5, 0.6) is 0 Å². The minimum absolute atomic E-state index is 0.394. The molecule has 0 spiro atoms. The summed E-state index contributed by atoms with van der Waals surface area (Å²) >= 11 is 1.24. The Labute approximate surface area is 52.6 Å². The Morgan fingerprint density at radius 3 is 2.25 bits per heavy atom. The van der Waals surface area contributed by atoms with Crippen molar-refractivity contribution in [3.63, 3.8) is 0 Å². The standard InChI is InChI=1S/C5H8O2S/c1-3-4(8-2)5(6)7/h3H,1-2H3,(H,6,7). The lowest BCUT2D eigenvalue weighted by molar-refractivity contribution is -0.131. The van der Waals surface area contributed by atoms with Gasteiger partial charge in [0.15, 0.2) is 0 Å². The Morgan fingerprint density at radius 1 is 1.75 bits per heavy atom. The third-order valence-corrected chi connectivity index (χ3v) is 1.54. The molecule has 0 aromatic rings. The van der Waals surface area contributed by atoms with Crippen LogP contribution in [0.2, 0.25) is 0 Å². The normalized spacial score (nSPS) is 11.5. The van der Waals surface area contributed by atoms with Crippen molar-refractivity contribution < 1.29 is 9.90 Å². The monoisotopic (exact) mass is 132 g/mol. The van der Waals surface area contributed by atoms with E-state index in [1.54, 1.807) is 19.3 Å². The number of carboxylic acids is 1. The first kappa shape index (κ1) is 7.56. The lowest BCUT2D eigenvalue weighted by Crippen LogP contribution is -1.94. The summed E-state index contributed by atoms with van der Waals surface area (Å²) in [6.45, 7) is 1.71. The summed E-state index contributed by atoms with van der Waals surface area (Å²) < 4.78 is 0. The molecule has 0 aromatic heterocycles. The smallest absolute Gasteiger partial charge is 0.341 e. The van der Waals surface area contributed by atoms with E-state index in [4.69, 9.17) is 5.11 Å². The molecule has 0 heterocycles. The number of aliphatic carboxylic acids is 1. The first-order valence-electron chi connectivity index (χ1n) is 2.16. The summed E-state index contributed by atoms with van der Waals surface area (Å²) in [6, 6.07) is 0. The van der Waals surface area contributed by atoms with Crippen molar-refractivity contribution in [2.45, 2.75) is 6.92 Å². The Hall–Kier alpha value is -0.440. The van der Waals surface area contributed by atoms with Gasteiger partial charge in [-0.25, -0.2) is 4.79 Å². The molecule has 0 radical (unpaired) electrons. The summed E-state index contributed by atoms with van der Waals surface area (Å²) in [5.41, 5.74) is 0. The second kappa shape index (κ2) is 3.55. The van der Waals surface area contributed by atoms with Crippen LogP contribution in [0.4, 0.5) is 0 Å². The number of carbonyl (C=O) groups is 1. The van der Waals surface area contributed by atoms with Gasteiger partial charge in [-0.05, 0) is 13.2 Å². The first-order chi connectivity index (χ1) is 3.72. The van der Waals surface area contributed by atoms with Gasteiger partial charge in [0.1, 0.15) is 0 Å². The molecule has 3 heteroatoms. The van der Waals surface area contributed by atoms with Crippen molar-refractivity contribution in [1.29, 1.82) is 0 Å². The van der Waals surface area contributed by atoms with Gasteiger partial charge in [-0.1, -0.05) is 6.08 Å². The fourth-order valence-electron chi connectivity index (χ4n) is 0.329. The van der Waals surface area contributed by atoms with Crippen molar-refractivity contribution in [2.75, 3.05) is 6.26 Å². The number of hydrogen-bond acceptors (Lipinski definition) is 2. The van der Waals surface area contributed by atoms with Crippen molar-refractivity contribution in [3.05, 3.63) is 11.0 Å². The molecule has 0 aliphatic carbocycles. The second-order valence-corrected chi connectivity index (χ2v) is 2.01. The molecule has 0 aromatic carbocycles. The van der Waals surface area contributed by atoms with Crippen LogP contribution in [0.25, 0.3) is 0 Å². The molecule has 0 atom stereocenters. The van der Waals surface area contributed by atoms with Crippen LogP contribution in [0.3, 0.4) is 0 Å². The van der Waals surface area contributed by atoms with Crippen molar-refractivity contribution in [3.8, 4) is 0 Å². The molecule has 0 rings (SSSR count). The van der Waals surface area contributed by atoms with Gasteiger partial charge in [-0.15, -0.1) is 11.8 Å². The molecule has 0 amide bonds. The summed E-state index contributed by atoms with van der Waals surface area (Å²) in [5, 5.41) is 8.28. The van der Waals surface area contributed by atoms with Gasteiger partial charge >= 0.3 is 5.97 Å². The molecule has 46 valence electrons. The number of thioether (sulfide) groups is 1. The van der Waals surface area contributed by atoms with Crippen LogP contribution < -0.4 is 0 Å². The molecular weight excluding hydrogens is 124 g/mol. The van der Waals surface area contributed by atoms with E-state index >= 15 is 0 Å². The number of allylic oxidation sites excluding steroid dienone is 1. The van der Waals surface area contributed by atoms with Crippen molar-refractivity contribution in [2.24, 2.45) is 0 Å². The van der Waals surface area contributed by atoms with Crippen molar-refractivity contribution in [1.82, 2.24) is 0 Å². The minimum atomic E-state index is -0.847. The van der Waals surface area contributed by atoms with Gasteiger partial charge in [-0.2, -0.15) is 0 Å². The number of hydrogen-bond donors (Lipinski definition) is 1. The van der Waals surface area contributed by atoms with Crippen molar-refractivity contribution >= 4 is 17.7 Å². The van der Waals surface area contributed by atoms with Crippen LogP contribution in [0, 0.1) is 0 Å². The van der Waals surface area contributed by atoms with E-state index in [1.807, 2.05) is 0 Å². The highest BCUT2D eigenvalue weighted by molar-refractivity contribution is 8.03. The quantitative estimate of drug-likeness (QED) is 0.576. The summed E-state index contributed by atoms with van der Waals surface area (Å²) in [4.78, 5) is 10.5. The number of carboxylic acid groups (broad SMARTS) is 1.